The van der Waals surface area contributed by atoms with Gasteiger partial charge in [0.05, 0.1) is 25.4 Å². The Bertz CT molecular complexity index is 668. The van der Waals surface area contributed by atoms with E-state index in [1.54, 1.807) is 0 Å². The molecule has 5 nitrogen and oxygen atoms in total. The molecule has 1 spiro atoms. The molecule has 2 heterocycles. The SMILES string of the molecule is Cl.Cl.NCCO[C@H]1C[C@@H](O)C12CCN(Cc1cc3ccccc3o1)CC2. The molecular formula is C19H28Cl2N2O3. The van der Waals surface area contributed by atoms with E-state index in [0.29, 0.717) is 13.2 Å². The highest BCUT2D eigenvalue weighted by Crippen LogP contribution is 2.51. The van der Waals surface area contributed by atoms with E-state index in [0.717, 1.165) is 55.6 Å². The summed E-state index contributed by atoms with van der Waals surface area (Å²) >= 11 is 0. The molecule has 2 fully saturated rings. The minimum atomic E-state index is -0.228. The molecule has 2 atom stereocenters. The molecule has 26 heavy (non-hydrogen) atoms. The first-order valence-electron chi connectivity index (χ1n) is 8.91. The number of benzene rings is 1. The Kier molecular flexibility index (Phi) is 7.36. The van der Waals surface area contributed by atoms with E-state index in [-0.39, 0.29) is 42.4 Å². The van der Waals surface area contributed by atoms with Crippen molar-refractivity contribution in [3.05, 3.63) is 36.1 Å². The van der Waals surface area contributed by atoms with Crippen LogP contribution in [0.25, 0.3) is 11.0 Å². The average molecular weight is 403 g/mol. The van der Waals surface area contributed by atoms with Crippen LogP contribution in [0.1, 0.15) is 25.0 Å². The molecule has 146 valence electrons. The van der Waals surface area contributed by atoms with Gasteiger partial charge in [0.1, 0.15) is 11.3 Å². The third-order valence-corrected chi connectivity index (χ3v) is 5.82. The number of halogens is 2. The number of aliphatic hydroxyl groups is 1. The van der Waals surface area contributed by atoms with Gasteiger partial charge in [-0.15, -0.1) is 24.8 Å². The van der Waals surface area contributed by atoms with Crippen LogP contribution in [0.15, 0.2) is 34.7 Å². The number of rotatable bonds is 5. The molecule has 1 aromatic carbocycles. The fraction of sp³-hybridized carbons (Fsp3) is 0.579. The Morgan fingerprint density at radius 3 is 2.62 bits per heavy atom. The summed E-state index contributed by atoms with van der Waals surface area (Å²) in [6, 6.07) is 10.3. The zero-order valence-corrected chi connectivity index (χ0v) is 16.4. The minimum absolute atomic E-state index is 0. The standard InChI is InChI=1S/C19H26N2O3.2ClH/c20-7-10-23-18-12-17(22)19(18)5-8-21(9-6-19)13-15-11-14-3-1-2-4-16(14)24-15;;/h1-4,11,17-18,22H,5-10,12-13,20H2;2*1H/t17-,18+;;/m1../s1. The minimum Gasteiger partial charge on any atom is -0.460 e. The van der Waals surface area contributed by atoms with Crippen molar-refractivity contribution in [3.63, 3.8) is 0 Å². The number of furan rings is 1. The summed E-state index contributed by atoms with van der Waals surface area (Å²) in [5.74, 6) is 1.01. The molecule has 1 saturated carbocycles. The number of para-hydroxylation sites is 1. The van der Waals surface area contributed by atoms with Crippen molar-refractivity contribution in [3.8, 4) is 0 Å². The fourth-order valence-electron chi connectivity index (χ4n) is 4.29. The Morgan fingerprint density at radius 1 is 1.23 bits per heavy atom. The van der Waals surface area contributed by atoms with Crippen LogP contribution in [0.5, 0.6) is 0 Å². The Morgan fingerprint density at radius 2 is 1.96 bits per heavy atom. The average Bonchev–Trinajstić information content (AvgIpc) is 3.01. The van der Waals surface area contributed by atoms with Crippen LogP contribution >= 0.6 is 24.8 Å². The second kappa shape index (κ2) is 8.91. The molecule has 0 bridgehead atoms. The Labute approximate surface area is 166 Å². The molecule has 1 aliphatic carbocycles. The van der Waals surface area contributed by atoms with Gasteiger partial charge < -0.3 is 20.0 Å². The highest BCUT2D eigenvalue weighted by molar-refractivity contribution is 5.85. The van der Waals surface area contributed by atoms with Crippen LogP contribution in [0.4, 0.5) is 0 Å². The molecule has 7 heteroatoms. The number of fused-ring (bicyclic) bond motifs is 1. The third-order valence-electron chi connectivity index (χ3n) is 5.82. The maximum atomic E-state index is 10.3. The molecule has 3 N–H and O–H groups in total. The molecule has 1 saturated heterocycles. The van der Waals surface area contributed by atoms with Crippen molar-refractivity contribution in [2.75, 3.05) is 26.2 Å². The van der Waals surface area contributed by atoms with E-state index < -0.39 is 0 Å². The molecule has 0 radical (unpaired) electrons. The van der Waals surface area contributed by atoms with Gasteiger partial charge in [0.25, 0.3) is 0 Å². The van der Waals surface area contributed by atoms with Gasteiger partial charge in [-0.05, 0) is 38.1 Å². The third kappa shape index (κ3) is 3.88. The highest BCUT2D eigenvalue weighted by atomic mass is 35.5. The molecule has 0 unspecified atom stereocenters. The lowest BCUT2D eigenvalue weighted by Gasteiger charge is -2.56. The van der Waals surface area contributed by atoms with Gasteiger partial charge in [0, 0.05) is 23.8 Å². The highest BCUT2D eigenvalue weighted by Gasteiger charge is 2.56. The summed E-state index contributed by atoms with van der Waals surface area (Å²) in [5.41, 5.74) is 6.44. The first kappa shape index (κ1) is 21.5. The van der Waals surface area contributed by atoms with Gasteiger partial charge >= 0.3 is 0 Å². The summed E-state index contributed by atoms with van der Waals surface area (Å²) < 4.78 is 11.8. The van der Waals surface area contributed by atoms with Gasteiger partial charge in [-0.3, -0.25) is 4.90 Å². The number of likely N-dealkylation sites (tertiary alicyclic amines) is 1. The number of nitrogens with two attached hydrogens (primary N) is 1. The first-order valence-corrected chi connectivity index (χ1v) is 8.91. The number of ether oxygens (including phenoxy) is 1. The Hall–Kier alpha value is -0.820. The van der Waals surface area contributed by atoms with Gasteiger partial charge in [0.2, 0.25) is 0 Å². The number of piperidine rings is 1. The maximum absolute atomic E-state index is 10.3. The zero-order chi connectivity index (χ0) is 16.6. The lowest BCUT2D eigenvalue weighted by molar-refractivity contribution is -0.210. The van der Waals surface area contributed by atoms with Crippen LogP contribution in [0, 0.1) is 5.41 Å². The summed E-state index contributed by atoms with van der Waals surface area (Å²) in [7, 11) is 0. The van der Waals surface area contributed by atoms with Crippen molar-refractivity contribution >= 4 is 35.8 Å². The van der Waals surface area contributed by atoms with Crippen LogP contribution in [-0.4, -0.2) is 48.5 Å². The van der Waals surface area contributed by atoms with E-state index in [4.69, 9.17) is 14.9 Å². The second-order valence-corrected chi connectivity index (χ2v) is 7.16. The molecule has 1 aliphatic heterocycles. The largest absolute Gasteiger partial charge is 0.460 e. The smallest absolute Gasteiger partial charge is 0.134 e. The second-order valence-electron chi connectivity index (χ2n) is 7.16. The lowest BCUT2D eigenvalue weighted by Crippen LogP contribution is -2.62. The summed E-state index contributed by atoms with van der Waals surface area (Å²) in [6.07, 6.45) is 2.65. The van der Waals surface area contributed by atoms with Gasteiger partial charge in [-0.2, -0.15) is 0 Å². The number of aliphatic hydroxyl groups excluding tert-OH is 1. The van der Waals surface area contributed by atoms with E-state index in [1.165, 1.54) is 0 Å². The summed E-state index contributed by atoms with van der Waals surface area (Å²) in [4.78, 5) is 2.41. The number of nitrogens with zero attached hydrogens (tertiary/aromatic N) is 1. The van der Waals surface area contributed by atoms with Gasteiger partial charge in [0.15, 0.2) is 0 Å². The normalized spacial score (nSPS) is 24.7. The van der Waals surface area contributed by atoms with Crippen molar-refractivity contribution < 1.29 is 14.3 Å². The maximum Gasteiger partial charge on any atom is 0.134 e. The van der Waals surface area contributed by atoms with Crippen molar-refractivity contribution in [1.82, 2.24) is 4.90 Å². The summed E-state index contributed by atoms with van der Waals surface area (Å²) in [5, 5.41) is 11.5. The monoisotopic (exact) mass is 402 g/mol. The number of hydrogen-bond donors (Lipinski definition) is 2. The number of hydrogen-bond acceptors (Lipinski definition) is 5. The van der Waals surface area contributed by atoms with Crippen LogP contribution < -0.4 is 5.73 Å². The predicted octanol–water partition coefficient (Wildman–Crippen LogP) is 2.97. The van der Waals surface area contributed by atoms with Crippen molar-refractivity contribution in [1.29, 1.82) is 0 Å². The quantitative estimate of drug-likeness (QED) is 0.803. The molecule has 2 aromatic rings. The molecule has 2 aliphatic rings. The zero-order valence-electron chi connectivity index (χ0n) is 14.8. The lowest BCUT2D eigenvalue weighted by atomic mass is 9.58. The van der Waals surface area contributed by atoms with Crippen molar-refractivity contribution in [2.24, 2.45) is 11.1 Å². The van der Waals surface area contributed by atoms with Gasteiger partial charge in [-0.1, -0.05) is 18.2 Å². The van der Waals surface area contributed by atoms with Gasteiger partial charge in [-0.25, -0.2) is 0 Å². The summed E-state index contributed by atoms with van der Waals surface area (Å²) in [6.45, 7) is 3.89. The molecule has 1 aromatic heterocycles. The molecule has 4 rings (SSSR count). The Balaban J connectivity index is 0.00000121. The van der Waals surface area contributed by atoms with E-state index in [2.05, 4.69) is 17.0 Å². The fourth-order valence-corrected chi connectivity index (χ4v) is 4.29. The molecular weight excluding hydrogens is 375 g/mol. The van der Waals surface area contributed by atoms with Crippen LogP contribution in [0.3, 0.4) is 0 Å². The molecule has 0 amide bonds. The van der Waals surface area contributed by atoms with Crippen LogP contribution in [-0.2, 0) is 11.3 Å². The predicted molar refractivity (Wildman–Crippen MR) is 107 cm³/mol. The first-order chi connectivity index (χ1) is 11.7. The van der Waals surface area contributed by atoms with Crippen LogP contribution in [0.2, 0.25) is 0 Å². The van der Waals surface area contributed by atoms with Crippen molar-refractivity contribution in [2.45, 2.75) is 38.0 Å². The topological polar surface area (TPSA) is 71.9 Å². The van der Waals surface area contributed by atoms with E-state index >= 15 is 0 Å². The van der Waals surface area contributed by atoms with E-state index in [9.17, 15) is 5.11 Å². The van der Waals surface area contributed by atoms with E-state index in [1.807, 2.05) is 18.2 Å².